The third kappa shape index (κ3) is 7.20. The number of methoxy groups -OCH3 is 1. The molecule has 208 valence electrons. The lowest BCUT2D eigenvalue weighted by atomic mass is 10.1. The Morgan fingerprint density at radius 3 is 2.52 bits per heavy atom. The second-order valence-corrected chi connectivity index (χ2v) is 10.2. The molecule has 9 heteroatoms. The van der Waals surface area contributed by atoms with Crippen LogP contribution in [0.4, 0.5) is 11.5 Å². The number of anilines is 2. The van der Waals surface area contributed by atoms with Crippen LogP contribution in [-0.4, -0.2) is 53.9 Å². The minimum Gasteiger partial charge on any atom is -0.493 e. The van der Waals surface area contributed by atoms with Gasteiger partial charge in [-0.3, -0.25) is 0 Å². The van der Waals surface area contributed by atoms with Gasteiger partial charge in [-0.15, -0.1) is 0 Å². The number of likely N-dealkylation sites (tertiary alicyclic amines) is 1. The van der Waals surface area contributed by atoms with Gasteiger partial charge in [-0.2, -0.15) is 0 Å². The second kappa shape index (κ2) is 13.5. The maximum atomic E-state index is 6.09. The standard InChI is InChI=1S/C31H34ClN5O3/c1-22(36-40-20-23-6-10-25(32)11-7-23)24-8-12-26(13-9-24)35-31-27-18-29(38-2)30(19-28(27)33-21-34-31)39-17-5-16-37-14-3-4-15-37/h6-13,18-19,21H,3-5,14-17,20H2,1-2H3,(H,33,34,35)/b36-22+. The highest BCUT2D eigenvalue weighted by molar-refractivity contribution is 6.30. The highest BCUT2D eigenvalue weighted by Crippen LogP contribution is 2.35. The highest BCUT2D eigenvalue weighted by Gasteiger charge is 2.14. The molecule has 0 bridgehead atoms. The molecule has 1 aliphatic rings. The number of benzene rings is 3. The van der Waals surface area contributed by atoms with E-state index in [0.29, 0.717) is 35.6 Å². The zero-order valence-electron chi connectivity index (χ0n) is 22.9. The fourth-order valence-corrected chi connectivity index (χ4v) is 4.81. The molecule has 4 aromatic rings. The number of oxime groups is 1. The van der Waals surface area contributed by atoms with Crippen LogP contribution < -0.4 is 14.8 Å². The largest absolute Gasteiger partial charge is 0.493 e. The number of ether oxygens (including phenoxy) is 2. The average Bonchev–Trinajstić information content (AvgIpc) is 3.50. The molecule has 0 aliphatic carbocycles. The van der Waals surface area contributed by atoms with Crippen LogP contribution in [0.1, 0.15) is 37.3 Å². The van der Waals surface area contributed by atoms with Crippen LogP contribution in [0, 0.1) is 0 Å². The second-order valence-electron chi connectivity index (χ2n) is 9.77. The number of nitrogens with zero attached hydrogens (tertiary/aromatic N) is 4. The van der Waals surface area contributed by atoms with Crippen LogP contribution in [0.25, 0.3) is 10.9 Å². The van der Waals surface area contributed by atoms with Crippen molar-refractivity contribution >= 4 is 39.7 Å². The van der Waals surface area contributed by atoms with Crippen LogP contribution >= 0.6 is 11.6 Å². The molecule has 0 amide bonds. The molecule has 1 aliphatic heterocycles. The van der Waals surface area contributed by atoms with Crippen molar-refractivity contribution in [2.75, 3.05) is 38.7 Å². The predicted octanol–water partition coefficient (Wildman–Crippen LogP) is 6.84. The lowest BCUT2D eigenvalue weighted by Gasteiger charge is -2.16. The van der Waals surface area contributed by atoms with Gasteiger partial charge in [-0.05, 0) is 80.7 Å². The molecule has 2 heterocycles. The van der Waals surface area contributed by atoms with Crippen LogP contribution in [-0.2, 0) is 11.4 Å². The average molecular weight is 560 g/mol. The lowest BCUT2D eigenvalue weighted by Crippen LogP contribution is -2.21. The molecule has 0 radical (unpaired) electrons. The van der Waals surface area contributed by atoms with Gasteiger partial charge in [0.1, 0.15) is 18.8 Å². The van der Waals surface area contributed by atoms with Crippen molar-refractivity contribution in [3.8, 4) is 11.5 Å². The van der Waals surface area contributed by atoms with Crippen LogP contribution in [0.15, 0.2) is 72.1 Å². The maximum absolute atomic E-state index is 6.09. The molecule has 0 saturated carbocycles. The zero-order valence-corrected chi connectivity index (χ0v) is 23.7. The summed E-state index contributed by atoms with van der Waals surface area (Å²) in [5, 5.41) is 9.20. The van der Waals surface area contributed by atoms with Gasteiger partial charge in [0.05, 0.1) is 24.9 Å². The number of hydrogen-bond acceptors (Lipinski definition) is 8. The molecule has 5 rings (SSSR count). The topological polar surface area (TPSA) is 81.1 Å². The first kappa shape index (κ1) is 27.7. The van der Waals surface area contributed by atoms with Crippen LogP contribution in [0.5, 0.6) is 11.5 Å². The van der Waals surface area contributed by atoms with Crippen molar-refractivity contribution in [1.82, 2.24) is 14.9 Å². The molecule has 1 N–H and O–H groups in total. The monoisotopic (exact) mass is 559 g/mol. The predicted molar refractivity (Wildman–Crippen MR) is 160 cm³/mol. The number of hydrogen-bond donors (Lipinski definition) is 1. The molecule has 3 aromatic carbocycles. The lowest BCUT2D eigenvalue weighted by molar-refractivity contribution is 0.130. The Labute approximate surface area is 239 Å². The summed E-state index contributed by atoms with van der Waals surface area (Å²) in [5.41, 5.74) is 4.42. The molecule has 0 unspecified atom stereocenters. The van der Waals surface area contributed by atoms with Crippen molar-refractivity contribution in [3.63, 3.8) is 0 Å². The molecule has 8 nitrogen and oxygen atoms in total. The van der Waals surface area contributed by atoms with E-state index >= 15 is 0 Å². The van der Waals surface area contributed by atoms with E-state index in [1.807, 2.05) is 67.6 Å². The fourth-order valence-electron chi connectivity index (χ4n) is 4.68. The first-order valence-electron chi connectivity index (χ1n) is 13.6. The number of halogens is 1. The van der Waals surface area contributed by atoms with Gasteiger partial charge in [0.15, 0.2) is 11.5 Å². The van der Waals surface area contributed by atoms with Crippen molar-refractivity contribution < 1.29 is 14.3 Å². The Morgan fingerprint density at radius 1 is 1.00 bits per heavy atom. The molecule has 1 aromatic heterocycles. The number of nitrogens with one attached hydrogen (secondary N) is 1. The maximum Gasteiger partial charge on any atom is 0.163 e. The Bertz CT molecular complexity index is 1440. The Morgan fingerprint density at radius 2 is 1.77 bits per heavy atom. The van der Waals surface area contributed by atoms with Crippen molar-refractivity contribution in [2.45, 2.75) is 32.8 Å². The summed E-state index contributed by atoms with van der Waals surface area (Å²) in [7, 11) is 1.65. The Kier molecular flexibility index (Phi) is 9.31. The van der Waals surface area contributed by atoms with Gasteiger partial charge in [0.25, 0.3) is 0 Å². The molecule has 0 atom stereocenters. The van der Waals surface area contributed by atoms with Gasteiger partial charge in [-0.1, -0.05) is 41.0 Å². The minimum atomic E-state index is 0.379. The van der Waals surface area contributed by atoms with Gasteiger partial charge >= 0.3 is 0 Å². The summed E-state index contributed by atoms with van der Waals surface area (Å²) in [6.45, 7) is 6.38. The van der Waals surface area contributed by atoms with Crippen LogP contribution in [0.3, 0.4) is 0 Å². The quantitative estimate of drug-likeness (QED) is 0.116. The number of aromatic nitrogens is 2. The SMILES string of the molecule is COc1cc2c(Nc3ccc(/C(C)=N/OCc4ccc(Cl)cc4)cc3)ncnc2cc1OCCCN1CCCC1. The third-order valence-electron chi connectivity index (χ3n) is 6.91. The summed E-state index contributed by atoms with van der Waals surface area (Å²) in [6, 6.07) is 19.3. The minimum absolute atomic E-state index is 0.379. The van der Waals surface area contributed by atoms with Gasteiger partial charge in [0, 0.05) is 28.7 Å². The van der Waals surface area contributed by atoms with Gasteiger partial charge in [0.2, 0.25) is 0 Å². The fraction of sp³-hybridized carbons (Fsp3) is 0.323. The first-order chi connectivity index (χ1) is 19.6. The highest BCUT2D eigenvalue weighted by atomic mass is 35.5. The number of fused-ring (bicyclic) bond motifs is 1. The van der Waals surface area contributed by atoms with Crippen LogP contribution in [0.2, 0.25) is 5.02 Å². The molecule has 0 spiro atoms. The first-order valence-corrected chi connectivity index (χ1v) is 13.9. The van der Waals surface area contributed by atoms with Crippen molar-refractivity contribution in [1.29, 1.82) is 0 Å². The van der Waals surface area contributed by atoms with Gasteiger partial charge in [-0.25, -0.2) is 9.97 Å². The summed E-state index contributed by atoms with van der Waals surface area (Å²) in [5.74, 6) is 2.04. The summed E-state index contributed by atoms with van der Waals surface area (Å²) >= 11 is 5.93. The molecular formula is C31H34ClN5O3. The van der Waals surface area contributed by atoms with E-state index in [2.05, 4.69) is 25.3 Å². The smallest absolute Gasteiger partial charge is 0.163 e. The zero-order chi connectivity index (χ0) is 27.7. The summed E-state index contributed by atoms with van der Waals surface area (Å²) in [4.78, 5) is 17.0. The van der Waals surface area contributed by atoms with Gasteiger partial charge < -0.3 is 24.5 Å². The van der Waals surface area contributed by atoms with E-state index in [1.54, 1.807) is 13.4 Å². The molecule has 1 saturated heterocycles. The van der Waals surface area contributed by atoms with Crippen molar-refractivity contribution in [3.05, 3.63) is 83.1 Å². The molecule has 1 fully saturated rings. The molecular weight excluding hydrogens is 526 g/mol. The summed E-state index contributed by atoms with van der Waals surface area (Å²) in [6.07, 6.45) is 5.13. The van der Waals surface area contributed by atoms with Crippen molar-refractivity contribution in [2.24, 2.45) is 5.16 Å². The molecule has 40 heavy (non-hydrogen) atoms. The Balaban J connectivity index is 1.22. The van der Waals surface area contributed by atoms with E-state index in [9.17, 15) is 0 Å². The normalized spacial score (nSPS) is 13.9. The van der Waals surface area contributed by atoms with E-state index in [0.717, 1.165) is 46.4 Å². The van der Waals surface area contributed by atoms with E-state index in [-0.39, 0.29) is 0 Å². The Hall–Kier alpha value is -3.88. The number of rotatable bonds is 12. The summed E-state index contributed by atoms with van der Waals surface area (Å²) < 4.78 is 11.7. The van der Waals surface area contributed by atoms with E-state index < -0.39 is 0 Å². The van der Waals surface area contributed by atoms with E-state index in [4.69, 9.17) is 25.9 Å². The van der Waals surface area contributed by atoms with E-state index in [1.165, 1.54) is 25.9 Å². The third-order valence-corrected chi connectivity index (χ3v) is 7.16.